The smallest absolute Gasteiger partial charge is 0.242 e. The molecule has 4 heteroatoms. The summed E-state index contributed by atoms with van der Waals surface area (Å²) in [5, 5.41) is 0.0301. The highest BCUT2D eigenvalue weighted by Gasteiger charge is 2.17. The Kier molecular flexibility index (Phi) is 1.72. The minimum Gasteiger partial charge on any atom is -0.340 e. The lowest BCUT2D eigenvalue weighted by molar-refractivity contribution is 0.490. The lowest BCUT2D eigenvalue weighted by Crippen LogP contribution is -2.11. The van der Waals surface area contributed by atoms with E-state index in [-0.39, 0.29) is 5.30 Å². The third kappa shape index (κ3) is 1.90. The summed E-state index contributed by atoms with van der Waals surface area (Å²) in [6.45, 7) is 0. The number of nitrogens with two attached hydrogens (primary N) is 1. The van der Waals surface area contributed by atoms with Crippen LogP contribution in [0.2, 0.25) is 0 Å². The van der Waals surface area contributed by atoms with Gasteiger partial charge < -0.3 is 10.6 Å². The second-order valence-corrected chi connectivity index (χ2v) is 3.97. The lowest BCUT2D eigenvalue weighted by Gasteiger charge is -2.07. The van der Waals surface area contributed by atoms with Crippen molar-refractivity contribution in [3.05, 3.63) is 30.3 Å². The molecule has 1 atom stereocenters. The van der Waals surface area contributed by atoms with Crippen LogP contribution in [0.25, 0.3) is 0 Å². The van der Waals surface area contributed by atoms with E-state index in [2.05, 4.69) is 0 Å². The SMILES string of the molecule is [2H]C([2H])(N)P(=O)(O)c1ccccc1. The van der Waals surface area contributed by atoms with Crippen LogP contribution in [-0.4, -0.2) is 11.1 Å². The molecule has 0 heterocycles. The van der Waals surface area contributed by atoms with Gasteiger partial charge in [0.15, 0.2) is 0 Å². The van der Waals surface area contributed by atoms with Crippen LogP contribution in [0.15, 0.2) is 30.3 Å². The van der Waals surface area contributed by atoms with Gasteiger partial charge in [0.1, 0.15) is 0 Å². The number of rotatable bonds is 2. The molecule has 1 rings (SSSR count). The maximum absolute atomic E-state index is 11.5. The van der Waals surface area contributed by atoms with Gasteiger partial charge in [-0.05, 0) is 12.1 Å². The van der Waals surface area contributed by atoms with Crippen LogP contribution in [0.4, 0.5) is 0 Å². The molecule has 0 radical (unpaired) electrons. The van der Waals surface area contributed by atoms with Crippen LogP contribution in [0, 0.1) is 0 Å². The third-order valence-electron chi connectivity index (χ3n) is 1.28. The highest BCUT2D eigenvalue weighted by atomic mass is 31.2. The largest absolute Gasteiger partial charge is 0.340 e. The highest BCUT2D eigenvalue weighted by Crippen LogP contribution is 2.36. The second kappa shape index (κ2) is 3.18. The molecule has 0 spiro atoms. The summed E-state index contributed by atoms with van der Waals surface area (Å²) in [6, 6.07) is 7.56. The van der Waals surface area contributed by atoms with Gasteiger partial charge in [-0.3, -0.25) is 4.57 Å². The quantitative estimate of drug-likeness (QED) is 0.640. The molecule has 1 aromatic rings. The van der Waals surface area contributed by atoms with Gasteiger partial charge >= 0.3 is 0 Å². The molecule has 0 fully saturated rings. The van der Waals surface area contributed by atoms with Crippen molar-refractivity contribution in [3.8, 4) is 0 Å². The zero-order valence-electron chi connectivity index (χ0n) is 7.77. The summed E-state index contributed by atoms with van der Waals surface area (Å²) in [5.41, 5.74) is 4.97. The average Bonchev–Trinajstić information content (AvgIpc) is 2.04. The normalized spacial score (nSPS) is 19.8. The fourth-order valence-electron chi connectivity index (χ4n) is 0.705. The summed E-state index contributed by atoms with van der Waals surface area (Å²) >= 11 is 0. The lowest BCUT2D eigenvalue weighted by atomic mass is 10.4. The standard InChI is InChI=1S/C7H10NO2P/c8-6-11(9,10)7-4-2-1-3-5-7/h1-5H,6,8H2,(H,9,10)/i6D2. The average molecular weight is 173 g/mol. The van der Waals surface area contributed by atoms with E-state index < -0.39 is 13.6 Å². The van der Waals surface area contributed by atoms with Gasteiger partial charge in [-0.1, -0.05) is 18.2 Å². The number of benzene rings is 1. The molecule has 0 aromatic heterocycles. The molecular weight excluding hydrogens is 161 g/mol. The maximum Gasteiger partial charge on any atom is 0.242 e. The molecule has 3 N–H and O–H groups in total. The zero-order chi connectivity index (χ0) is 10.1. The minimum atomic E-state index is -4.12. The monoisotopic (exact) mass is 173 g/mol. The van der Waals surface area contributed by atoms with Crippen molar-refractivity contribution in [1.29, 1.82) is 0 Å². The number of hydrogen-bond acceptors (Lipinski definition) is 2. The van der Waals surface area contributed by atoms with Gasteiger partial charge in [-0.15, -0.1) is 0 Å². The van der Waals surface area contributed by atoms with Crippen LogP contribution in [0.5, 0.6) is 0 Å². The van der Waals surface area contributed by atoms with Gasteiger partial charge in [-0.25, -0.2) is 0 Å². The molecule has 0 bridgehead atoms. The second-order valence-electron chi connectivity index (χ2n) is 2.04. The summed E-state index contributed by atoms with van der Waals surface area (Å²) in [6.07, 6.45) is -2.59. The maximum atomic E-state index is 11.5. The van der Waals surface area contributed by atoms with Crippen molar-refractivity contribution >= 4 is 12.7 Å². The summed E-state index contributed by atoms with van der Waals surface area (Å²) in [7, 11) is -4.12. The van der Waals surface area contributed by atoms with E-state index in [1.807, 2.05) is 0 Å². The minimum absolute atomic E-state index is 0.0301. The van der Waals surface area contributed by atoms with E-state index >= 15 is 0 Å². The van der Waals surface area contributed by atoms with Gasteiger partial charge in [-0.2, -0.15) is 0 Å². The molecule has 1 aromatic carbocycles. The Hall–Kier alpha value is -0.630. The molecule has 0 saturated carbocycles. The Balaban J connectivity index is 3.17. The van der Waals surface area contributed by atoms with Gasteiger partial charge in [0, 0.05) is 5.30 Å². The fraction of sp³-hybridized carbons (Fsp3) is 0.143. The molecule has 1 unspecified atom stereocenters. The predicted octanol–water partition coefficient (Wildman–Crippen LogP) is 0.499. The van der Waals surface area contributed by atoms with Crippen molar-refractivity contribution < 1.29 is 12.2 Å². The first-order valence-corrected chi connectivity index (χ1v) is 4.69. The van der Waals surface area contributed by atoms with Gasteiger partial charge in [0.25, 0.3) is 0 Å². The Labute approximate surface area is 68.1 Å². The van der Waals surface area contributed by atoms with Gasteiger partial charge in [0.05, 0.1) is 8.98 Å². The first-order chi connectivity index (χ1) is 5.86. The predicted molar refractivity (Wildman–Crippen MR) is 45.0 cm³/mol. The Bertz CT molecular complexity index is 336. The molecule has 0 saturated heterocycles. The first kappa shape index (κ1) is 5.95. The van der Waals surface area contributed by atoms with Crippen LogP contribution in [0.3, 0.4) is 0 Å². The molecule has 3 nitrogen and oxygen atoms in total. The van der Waals surface area contributed by atoms with E-state index in [4.69, 9.17) is 8.48 Å². The van der Waals surface area contributed by atoms with E-state index in [0.29, 0.717) is 0 Å². The van der Waals surface area contributed by atoms with E-state index in [1.165, 1.54) is 12.1 Å². The summed E-state index contributed by atoms with van der Waals surface area (Å²) in [4.78, 5) is 9.38. The van der Waals surface area contributed by atoms with Gasteiger partial charge in [0.2, 0.25) is 7.37 Å². The van der Waals surface area contributed by atoms with Crippen LogP contribution in [-0.2, 0) is 4.57 Å². The third-order valence-corrected chi connectivity index (χ3v) is 2.63. The van der Waals surface area contributed by atoms with Crippen LogP contribution >= 0.6 is 7.37 Å². The van der Waals surface area contributed by atoms with Crippen LogP contribution < -0.4 is 11.0 Å². The summed E-state index contributed by atoms with van der Waals surface area (Å²) in [5.74, 6) is 0. The van der Waals surface area contributed by atoms with Crippen LogP contribution in [0.1, 0.15) is 2.74 Å². The van der Waals surface area contributed by atoms with Crippen molar-refractivity contribution in [1.82, 2.24) is 0 Å². The Morgan fingerprint density at radius 3 is 2.55 bits per heavy atom. The van der Waals surface area contributed by atoms with Crippen molar-refractivity contribution in [3.63, 3.8) is 0 Å². The van der Waals surface area contributed by atoms with E-state index in [0.717, 1.165) is 0 Å². The first-order valence-electron chi connectivity index (χ1n) is 4.03. The van der Waals surface area contributed by atoms with E-state index in [1.54, 1.807) is 18.2 Å². The van der Waals surface area contributed by atoms with Crippen molar-refractivity contribution in [2.24, 2.45) is 5.73 Å². The zero-order valence-corrected chi connectivity index (χ0v) is 6.66. The molecular formula is C7H10NO2P. The molecule has 0 aliphatic heterocycles. The molecule has 11 heavy (non-hydrogen) atoms. The van der Waals surface area contributed by atoms with Crippen molar-refractivity contribution in [2.45, 2.75) is 0 Å². The fourth-order valence-corrected chi connectivity index (χ4v) is 1.43. The highest BCUT2D eigenvalue weighted by molar-refractivity contribution is 7.65. The Morgan fingerprint density at radius 2 is 2.09 bits per heavy atom. The molecule has 0 aliphatic rings. The number of hydrogen-bond donors (Lipinski definition) is 2. The molecule has 60 valence electrons. The summed E-state index contributed by atoms with van der Waals surface area (Å²) < 4.78 is 25.5. The molecule has 0 amide bonds. The Morgan fingerprint density at radius 1 is 1.55 bits per heavy atom. The molecule has 0 aliphatic carbocycles. The van der Waals surface area contributed by atoms with E-state index in [9.17, 15) is 9.46 Å². The van der Waals surface area contributed by atoms with Crippen molar-refractivity contribution in [2.75, 3.05) is 6.24 Å². The topological polar surface area (TPSA) is 63.3 Å².